The number of nitrogens with zero attached hydrogens (tertiary/aromatic N) is 1. The fraction of sp³-hybridized carbons (Fsp3) is 0.409. The zero-order valence-corrected chi connectivity index (χ0v) is 15.3. The zero-order chi connectivity index (χ0) is 17.9. The predicted octanol–water partition coefficient (Wildman–Crippen LogP) is 4.03. The predicted molar refractivity (Wildman–Crippen MR) is 104 cm³/mol. The summed E-state index contributed by atoms with van der Waals surface area (Å²) in [4.78, 5) is 15.0. The highest BCUT2D eigenvalue weighted by Crippen LogP contribution is 2.34. The third-order valence-corrected chi connectivity index (χ3v) is 5.65. The summed E-state index contributed by atoms with van der Waals surface area (Å²) in [7, 11) is 2.16. The van der Waals surface area contributed by atoms with E-state index in [1.54, 1.807) is 0 Å². The van der Waals surface area contributed by atoms with Gasteiger partial charge in [0.05, 0.1) is 12.3 Å². The number of piperidine rings is 1. The second-order valence-electron chi connectivity index (χ2n) is 7.54. The summed E-state index contributed by atoms with van der Waals surface area (Å²) in [5.74, 6) is 1.85. The Hall–Kier alpha value is -2.33. The van der Waals surface area contributed by atoms with Crippen LogP contribution in [0.2, 0.25) is 0 Å². The van der Waals surface area contributed by atoms with Crippen LogP contribution in [-0.4, -0.2) is 37.6 Å². The summed E-state index contributed by atoms with van der Waals surface area (Å²) in [5, 5.41) is 3.11. The van der Waals surface area contributed by atoms with Crippen LogP contribution in [0.3, 0.4) is 0 Å². The number of hydrogen-bond donors (Lipinski definition) is 1. The van der Waals surface area contributed by atoms with Gasteiger partial charge in [-0.25, -0.2) is 0 Å². The molecule has 0 aromatic heterocycles. The Bertz CT molecular complexity index is 775. The Labute approximate surface area is 155 Å². The Kier molecular flexibility index (Phi) is 4.93. The van der Waals surface area contributed by atoms with Crippen LogP contribution in [0, 0.1) is 11.8 Å². The molecule has 1 saturated heterocycles. The van der Waals surface area contributed by atoms with Gasteiger partial charge in [0.2, 0.25) is 5.91 Å². The Balaban J connectivity index is 1.59. The molecular weight excluding hydrogens is 324 g/mol. The first-order valence-corrected chi connectivity index (χ1v) is 9.50. The van der Waals surface area contributed by atoms with Crippen molar-refractivity contribution in [3.63, 3.8) is 0 Å². The minimum absolute atomic E-state index is 0.0986. The standard InChI is InChI=1S/C22H26N2O2/c1-24-11-9-18-14-22(25)23-20-13-17(16-5-3-2-4-6-16)7-8-21(20)26-12-10-19(18)15-24/h2-8,13,18-19H,9-12,14-15H2,1H3,(H,23,25)/t18-,19-/m0/s1. The fourth-order valence-electron chi connectivity index (χ4n) is 4.18. The molecule has 4 nitrogen and oxygen atoms in total. The van der Waals surface area contributed by atoms with Crippen LogP contribution in [0.1, 0.15) is 19.3 Å². The van der Waals surface area contributed by atoms with E-state index in [1.165, 1.54) is 0 Å². The molecule has 0 saturated carbocycles. The van der Waals surface area contributed by atoms with E-state index in [9.17, 15) is 4.79 Å². The van der Waals surface area contributed by atoms with Gasteiger partial charge in [0.25, 0.3) is 0 Å². The molecule has 4 rings (SSSR count). The maximum atomic E-state index is 12.7. The van der Waals surface area contributed by atoms with Crippen LogP contribution in [0.25, 0.3) is 11.1 Å². The molecule has 0 unspecified atom stereocenters. The van der Waals surface area contributed by atoms with Gasteiger partial charge >= 0.3 is 0 Å². The van der Waals surface area contributed by atoms with E-state index in [4.69, 9.17) is 4.74 Å². The quantitative estimate of drug-likeness (QED) is 0.844. The van der Waals surface area contributed by atoms with E-state index in [2.05, 4.69) is 35.5 Å². The van der Waals surface area contributed by atoms with E-state index in [0.717, 1.165) is 48.5 Å². The maximum absolute atomic E-state index is 12.7. The summed E-state index contributed by atoms with van der Waals surface area (Å²) >= 11 is 0. The molecule has 4 heteroatoms. The van der Waals surface area contributed by atoms with Crippen molar-refractivity contribution < 1.29 is 9.53 Å². The molecule has 0 radical (unpaired) electrons. The van der Waals surface area contributed by atoms with Crippen LogP contribution >= 0.6 is 0 Å². The lowest BCUT2D eigenvalue weighted by atomic mass is 9.81. The molecule has 0 aliphatic carbocycles. The van der Waals surface area contributed by atoms with Crippen molar-refractivity contribution in [1.82, 2.24) is 4.90 Å². The average Bonchev–Trinajstić information content (AvgIpc) is 2.65. The topological polar surface area (TPSA) is 41.6 Å². The van der Waals surface area contributed by atoms with E-state index in [-0.39, 0.29) is 5.91 Å². The molecule has 2 heterocycles. The minimum Gasteiger partial charge on any atom is -0.491 e. The first-order valence-electron chi connectivity index (χ1n) is 9.50. The molecule has 136 valence electrons. The summed E-state index contributed by atoms with van der Waals surface area (Å²) < 4.78 is 6.05. The third-order valence-electron chi connectivity index (χ3n) is 5.65. The Morgan fingerprint density at radius 3 is 2.73 bits per heavy atom. The van der Waals surface area contributed by atoms with Crippen LogP contribution in [0.4, 0.5) is 5.69 Å². The van der Waals surface area contributed by atoms with Crippen molar-refractivity contribution in [2.45, 2.75) is 19.3 Å². The fourth-order valence-corrected chi connectivity index (χ4v) is 4.18. The highest BCUT2D eigenvalue weighted by molar-refractivity contribution is 5.93. The molecule has 2 aliphatic rings. The van der Waals surface area contributed by atoms with Crippen molar-refractivity contribution in [2.24, 2.45) is 11.8 Å². The van der Waals surface area contributed by atoms with Crippen LogP contribution < -0.4 is 10.1 Å². The Morgan fingerprint density at radius 2 is 1.88 bits per heavy atom. The molecule has 1 amide bonds. The molecule has 2 atom stereocenters. The van der Waals surface area contributed by atoms with Crippen molar-refractivity contribution in [1.29, 1.82) is 0 Å². The summed E-state index contributed by atoms with van der Waals surface area (Å²) in [6, 6.07) is 16.3. The van der Waals surface area contributed by atoms with Gasteiger partial charge in [0.1, 0.15) is 5.75 Å². The second kappa shape index (κ2) is 7.50. The number of anilines is 1. The molecule has 1 fully saturated rings. The normalized spacial score (nSPS) is 24.0. The van der Waals surface area contributed by atoms with Crippen molar-refractivity contribution in [3.05, 3.63) is 48.5 Å². The molecular formula is C22H26N2O2. The number of hydrogen-bond acceptors (Lipinski definition) is 3. The van der Waals surface area contributed by atoms with Crippen molar-refractivity contribution in [3.8, 4) is 16.9 Å². The third kappa shape index (κ3) is 3.75. The Morgan fingerprint density at radius 1 is 1.04 bits per heavy atom. The van der Waals surface area contributed by atoms with Gasteiger partial charge in [-0.2, -0.15) is 0 Å². The molecule has 26 heavy (non-hydrogen) atoms. The number of likely N-dealkylation sites (tertiary alicyclic amines) is 1. The lowest BCUT2D eigenvalue weighted by Crippen LogP contribution is -2.40. The maximum Gasteiger partial charge on any atom is 0.224 e. The summed E-state index contributed by atoms with van der Waals surface area (Å²) in [5.41, 5.74) is 3.00. The van der Waals surface area contributed by atoms with Crippen molar-refractivity contribution >= 4 is 11.6 Å². The number of fused-ring (bicyclic) bond motifs is 2. The smallest absolute Gasteiger partial charge is 0.224 e. The lowest BCUT2D eigenvalue weighted by Gasteiger charge is -2.37. The van der Waals surface area contributed by atoms with Gasteiger partial charge in [-0.1, -0.05) is 36.4 Å². The van der Waals surface area contributed by atoms with Crippen LogP contribution in [0.15, 0.2) is 48.5 Å². The highest BCUT2D eigenvalue weighted by atomic mass is 16.5. The second-order valence-corrected chi connectivity index (χ2v) is 7.54. The molecule has 2 aliphatic heterocycles. The number of nitrogens with one attached hydrogen (secondary N) is 1. The number of rotatable bonds is 1. The minimum atomic E-state index is 0.0986. The summed E-state index contributed by atoms with van der Waals surface area (Å²) in [6.07, 6.45) is 2.70. The molecule has 2 aromatic rings. The monoisotopic (exact) mass is 350 g/mol. The number of carbonyl (C=O) groups is 1. The highest BCUT2D eigenvalue weighted by Gasteiger charge is 2.30. The van der Waals surface area contributed by atoms with Gasteiger partial charge in [-0.15, -0.1) is 0 Å². The zero-order valence-electron chi connectivity index (χ0n) is 15.3. The number of ether oxygens (including phenoxy) is 1. The van der Waals surface area contributed by atoms with Crippen LogP contribution in [0.5, 0.6) is 5.75 Å². The van der Waals surface area contributed by atoms with Gasteiger partial charge in [0, 0.05) is 13.0 Å². The molecule has 0 bridgehead atoms. The first-order chi connectivity index (χ1) is 12.7. The molecule has 2 aromatic carbocycles. The van der Waals surface area contributed by atoms with E-state index in [1.807, 2.05) is 30.3 Å². The van der Waals surface area contributed by atoms with E-state index >= 15 is 0 Å². The molecule has 0 spiro atoms. The number of benzene rings is 2. The number of carbonyl (C=O) groups excluding carboxylic acids is 1. The first kappa shape index (κ1) is 17.1. The van der Waals surface area contributed by atoms with Gasteiger partial charge in [-0.05, 0) is 61.5 Å². The SMILES string of the molecule is CN1CC[C@H]2CC(=O)Nc3cc(-c4ccccc4)ccc3OCC[C@H]2C1. The van der Waals surface area contributed by atoms with E-state index < -0.39 is 0 Å². The van der Waals surface area contributed by atoms with E-state index in [0.29, 0.717) is 24.9 Å². The molecule has 1 N–H and O–H groups in total. The lowest BCUT2D eigenvalue weighted by molar-refractivity contribution is -0.118. The van der Waals surface area contributed by atoms with Crippen molar-refractivity contribution in [2.75, 3.05) is 32.1 Å². The number of amides is 1. The van der Waals surface area contributed by atoms with Crippen LogP contribution in [-0.2, 0) is 4.79 Å². The average molecular weight is 350 g/mol. The van der Waals surface area contributed by atoms with Gasteiger partial charge in [-0.3, -0.25) is 4.79 Å². The van der Waals surface area contributed by atoms with Gasteiger partial charge in [0.15, 0.2) is 0 Å². The summed E-state index contributed by atoms with van der Waals surface area (Å²) in [6.45, 7) is 2.83. The largest absolute Gasteiger partial charge is 0.491 e. The van der Waals surface area contributed by atoms with Gasteiger partial charge < -0.3 is 15.0 Å².